The second-order valence-electron chi connectivity index (χ2n) is 9.15. The molecule has 8 nitrogen and oxygen atoms in total. The molecule has 0 atom stereocenters. The van der Waals surface area contributed by atoms with Crippen LogP contribution in [0.3, 0.4) is 0 Å². The van der Waals surface area contributed by atoms with Crippen molar-refractivity contribution < 1.29 is 17.9 Å². The van der Waals surface area contributed by atoms with Gasteiger partial charge in [0.05, 0.1) is 27.7 Å². The van der Waals surface area contributed by atoms with Crippen molar-refractivity contribution in [2.75, 3.05) is 10.8 Å². The van der Waals surface area contributed by atoms with E-state index in [1.165, 1.54) is 18.2 Å². The molecule has 4 rings (SSSR count). The summed E-state index contributed by atoms with van der Waals surface area (Å²) in [6, 6.07) is 16.0. The molecule has 2 aromatic carbocycles. The zero-order valence-corrected chi connectivity index (χ0v) is 22.5. The first-order valence-corrected chi connectivity index (χ1v) is 13.3. The average Bonchev–Trinajstić information content (AvgIpc) is 3.24. The third-order valence-electron chi connectivity index (χ3n) is 5.20. The zero-order chi connectivity index (χ0) is 27.0. The molecular formula is C26H22Cl2N4O4S. The summed E-state index contributed by atoms with van der Waals surface area (Å²) < 4.78 is 35.6. The molecule has 0 N–H and O–H groups in total. The number of anilines is 1. The number of carbonyl (C=O) groups excluding carboxylic acids is 1. The van der Waals surface area contributed by atoms with Gasteiger partial charge >= 0.3 is 5.97 Å². The maximum Gasteiger partial charge on any atom is 0.327 e. The molecule has 0 unspecified atom stereocenters. The quantitative estimate of drug-likeness (QED) is 0.280. The molecule has 11 heteroatoms. The van der Waals surface area contributed by atoms with E-state index in [0.717, 1.165) is 9.82 Å². The molecule has 0 fully saturated rings. The monoisotopic (exact) mass is 556 g/mol. The molecule has 0 aliphatic heterocycles. The van der Waals surface area contributed by atoms with E-state index in [2.05, 4.69) is 11.1 Å². The van der Waals surface area contributed by atoms with Crippen molar-refractivity contribution in [3.05, 3.63) is 82.6 Å². The predicted octanol–water partition coefficient (Wildman–Crippen LogP) is 5.74. The van der Waals surface area contributed by atoms with Gasteiger partial charge in [0.15, 0.2) is 0 Å². The van der Waals surface area contributed by atoms with Gasteiger partial charge in [0.1, 0.15) is 18.0 Å². The predicted molar refractivity (Wildman–Crippen MR) is 143 cm³/mol. The van der Waals surface area contributed by atoms with E-state index in [4.69, 9.17) is 27.9 Å². The Labute approximate surface area is 224 Å². The molecule has 0 radical (unpaired) electrons. The smallest absolute Gasteiger partial charge is 0.327 e. The summed E-state index contributed by atoms with van der Waals surface area (Å²) in [7, 11) is -4.26. The van der Waals surface area contributed by atoms with Gasteiger partial charge < -0.3 is 9.30 Å². The minimum atomic E-state index is -4.26. The molecule has 0 aliphatic rings. The number of esters is 1. The second-order valence-corrected chi connectivity index (χ2v) is 11.9. The highest BCUT2D eigenvalue weighted by atomic mass is 35.5. The maximum atomic E-state index is 13.7. The fourth-order valence-corrected chi connectivity index (χ4v) is 5.84. The lowest BCUT2D eigenvalue weighted by atomic mass is 10.2. The SMILES string of the molecule is CC(C)(C)OC(=O)CN(c1ccc2c(ccn2-c2cc(C#N)ccn2)c1)S(=O)(=O)c1cc(Cl)cc(Cl)c1. The van der Waals surface area contributed by atoms with Crippen LogP contribution in [-0.4, -0.2) is 36.1 Å². The second kappa shape index (κ2) is 10.1. The molecule has 0 saturated carbocycles. The van der Waals surface area contributed by atoms with Crippen LogP contribution in [0.1, 0.15) is 26.3 Å². The van der Waals surface area contributed by atoms with Gasteiger partial charge in [-0.1, -0.05) is 23.2 Å². The summed E-state index contributed by atoms with van der Waals surface area (Å²) in [5, 5.41) is 10.2. The number of nitriles is 1. The number of rotatable bonds is 6. The van der Waals surface area contributed by atoms with Crippen molar-refractivity contribution in [1.82, 2.24) is 9.55 Å². The summed E-state index contributed by atoms with van der Waals surface area (Å²) in [5.41, 5.74) is 0.619. The van der Waals surface area contributed by atoms with Gasteiger partial charge in [-0.15, -0.1) is 0 Å². The van der Waals surface area contributed by atoms with Crippen LogP contribution in [0.5, 0.6) is 0 Å². The van der Waals surface area contributed by atoms with Gasteiger partial charge in [-0.3, -0.25) is 9.10 Å². The van der Waals surface area contributed by atoms with Crippen LogP contribution >= 0.6 is 23.2 Å². The van der Waals surface area contributed by atoms with Crippen molar-refractivity contribution in [2.45, 2.75) is 31.3 Å². The number of halogens is 2. The zero-order valence-electron chi connectivity index (χ0n) is 20.1. The molecule has 37 heavy (non-hydrogen) atoms. The van der Waals surface area contributed by atoms with Gasteiger partial charge in [-0.25, -0.2) is 13.4 Å². The van der Waals surface area contributed by atoms with E-state index in [1.54, 1.807) is 74.1 Å². The number of aromatic nitrogens is 2. The topological polar surface area (TPSA) is 105 Å². The van der Waals surface area contributed by atoms with Gasteiger partial charge in [0.25, 0.3) is 10.0 Å². The van der Waals surface area contributed by atoms with Crippen LogP contribution in [-0.2, 0) is 19.6 Å². The van der Waals surface area contributed by atoms with E-state index < -0.39 is 28.1 Å². The molecule has 2 heterocycles. The molecule has 0 amide bonds. The van der Waals surface area contributed by atoms with Crippen molar-refractivity contribution in [1.29, 1.82) is 5.26 Å². The minimum Gasteiger partial charge on any atom is -0.459 e. The minimum absolute atomic E-state index is 0.142. The van der Waals surface area contributed by atoms with Crippen molar-refractivity contribution >= 4 is 55.8 Å². The molecule has 190 valence electrons. The lowest BCUT2D eigenvalue weighted by Crippen LogP contribution is -2.39. The normalized spacial score (nSPS) is 11.8. The number of hydrogen-bond acceptors (Lipinski definition) is 6. The Balaban J connectivity index is 1.81. The Hall–Kier alpha value is -3.58. The Bertz CT molecular complexity index is 1630. The van der Waals surface area contributed by atoms with E-state index in [1.807, 2.05) is 0 Å². The van der Waals surface area contributed by atoms with Crippen LogP contribution in [0.25, 0.3) is 16.7 Å². The number of carbonyl (C=O) groups is 1. The number of benzene rings is 2. The molecular weight excluding hydrogens is 535 g/mol. The number of ether oxygens (including phenoxy) is 1. The highest BCUT2D eigenvalue weighted by molar-refractivity contribution is 7.92. The van der Waals surface area contributed by atoms with Gasteiger partial charge in [0, 0.05) is 27.8 Å². The molecule has 0 bridgehead atoms. The summed E-state index contributed by atoms with van der Waals surface area (Å²) >= 11 is 12.1. The first-order valence-electron chi connectivity index (χ1n) is 11.1. The first-order chi connectivity index (χ1) is 17.4. The molecule has 0 aliphatic carbocycles. The highest BCUT2D eigenvalue weighted by Gasteiger charge is 2.30. The van der Waals surface area contributed by atoms with E-state index >= 15 is 0 Å². The van der Waals surface area contributed by atoms with Crippen LogP contribution < -0.4 is 4.31 Å². The first kappa shape index (κ1) is 26.5. The summed E-state index contributed by atoms with van der Waals surface area (Å²) in [6.45, 7) is 4.53. The molecule has 0 saturated heterocycles. The number of nitrogens with zero attached hydrogens (tertiary/aromatic N) is 4. The van der Waals surface area contributed by atoms with E-state index in [9.17, 15) is 18.5 Å². The largest absolute Gasteiger partial charge is 0.459 e. The Morgan fingerprint density at radius 1 is 1.08 bits per heavy atom. The summed E-state index contributed by atoms with van der Waals surface area (Å²) in [5.74, 6) is -0.187. The fourth-order valence-electron chi connectivity index (χ4n) is 3.72. The van der Waals surface area contributed by atoms with Gasteiger partial charge in [-0.05, 0) is 75.4 Å². The maximum absolute atomic E-state index is 13.7. The fraction of sp³-hybridized carbons (Fsp3) is 0.192. The van der Waals surface area contributed by atoms with Crippen LogP contribution in [0.2, 0.25) is 10.0 Å². The third-order valence-corrected chi connectivity index (χ3v) is 7.39. The van der Waals surface area contributed by atoms with E-state index in [-0.39, 0.29) is 20.6 Å². The summed E-state index contributed by atoms with van der Waals surface area (Å²) in [6.07, 6.45) is 3.31. The number of sulfonamides is 1. The Morgan fingerprint density at radius 3 is 2.43 bits per heavy atom. The van der Waals surface area contributed by atoms with Crippen molar-refractivity contribution in [3.8, 4) is 11.9 Å². The van der Waals surface area contributed by atoms with E-state index in [0.29, 0.717) is 16.8 Å². The lowest BCUT2D eigenvalue weighted by Gasteiger charge is -2.26. The summed E-state index contributed by atoms with van der Waals surface area (Å²) in [4.78, 5) is 16.9. The van der Waals surface area contributed by atoms with Crippen LogP contribution in [0.4, 0.5) is 5.69 Å². The Morgan fingerprint density at radius 2 is 1.78 bits per heavy atom. The van der Waals surface area contributed by atoms with Crippen LogP contribution in [0.15, 0.2) is 71.9 Å². The lowest BCUT2D eigenvalue weighted by molar-refractivity contribution is -0.152. The van der Waals surface area contributed by atoms with Gasteiger partial charge in [0.2, 0.25) is 0 Å². The molecule has 0 spiro atoms. The van der Waals surface area contributed by atoms with Gasteiger partial charge in [-0.2, -0.15) is 5.26 Å². The molecule has 4 aromatic rings. The number of hydrogen-bond donors (Lipinski definition) is 0. The number of pyridine rings is 1. The highest BCUT2D eigenvalue weighted by Crippen LogP contribution is 2.31. The van der Waals surface area contributed by atoms with Crippen molar-refractivity contribution in [3.63, 3.8) is 0 Å². The molecule has 2 aromatic heterocycles. The Kier molecular flexibility index (Phi) is 7.20. The van der Waals surface area contributed by atoms with Crippen LogP contribution in [0, 0.1) is 11.3 Å². The standard InChI is InChI=1S/C26H22Cl2N4O4S/c1-26(2,3)36-25(33)16-32(37(34,35)22-13-19(27)12-20(28)14-22)21-4-5-23-18(11-21)7-9-31(23)24-10-17(15-29)6-8-30-24/h4-14H,16H2,1-3H3. The van der Waals surface area contributed by atoms with Crippen molar-refractivity contribution in [2.24, 2.45) is 0 Å². The average molecular weight is 557 g/mol. The number of fused-ring (bicyclic) bond motifs is 1. The third kappa shape index (κ3) is 5.88.